The van der Waals surface area contributed by atoms with Crippen molar-refractivity contribution in [1.29, 1.82) is 0 Å². The summed E-state index contributed by atoms with van der Waals surface area (Å²) in [6, 6.07) is 15.0. The Balaban J connectivity index is 2.08. The third kappa shape index (κ3) is 4.18. The Bertz CT molecular complexity index is 692. The summed E-state index contributed by atoms with van der Waals surface area (Å²) in [5.74, 6) is -1.05. The van der Waals surface area contributed by atoms with E-state index in [0.717, 1.165) is 0 Å². The van der Waals surface area contributed by atoms with Gasteiger partial charge in [0.1, 0.15) is 5.75 Å². The summed E-state index contributed by atoms with van der Waals surface area (Å²) >= 11 is 5.73. The van der Waals surface area contributed by atoms with Crippen LogP contribution in [-0.4, -0.2) is 20.0 Å². The van der Waals surface area contributed by atoms with Gasteiger partial charge in [-0.2, -0.15) is 0 Å². The molecule has 2 aromatic carbocycles. The number of carbonyl (C=O) groups excluding carboxylic acids is 1. The molecule has 0 atom stereocenters. The van der Waals surface area contributed by atoms with E-state index < -0.39 is 21.4 Å². The number of halogens is 1. The molecule has 2 rings (SSSR count). The van der Waals surface area contributed by atoms with Gasteiger partial charge in [0.25, 0.3) is 0 Å². The Morgan fingerprint density at radius 2 is 1.55 bits per heavy atom. The Kier molecular flexibility index (Phi) is 4.57. The van der Waals surface area contributed by atoms with Crippen LogP contribution in [0.1, 0.15) is 15.9 Å². The number of sulfone groups is 1. The van der Waals surface area contributed by atoms with Crippen LogP contribution in [0.4, 0.5) is 0 Å². The molecule has 2 aromatic rings. The van der Waals surface area contributed by atoms with Crippen molar-refractivity contribution in [2.45, 2.75) is 5.75 Å². The average molecular weight is 309 g/mol. The lowest BCUT2D eigenvalue weighted by molar-refractivity contribution is 0.102. The van der Waals surface area contributed by atoms with Crippen LogP contribution in [0.5, 0.6) is 0 Å². The van der Waals surface area contributed by atoms with E-state index in [1.807, 2.05) is 6.07 Å². The number of benzene rings is 2. The summed E-state index contributed by atoms with van der Waals surface area (Å²) in [5, 5.41) is 0.508. The lowest BCUT2D eigenvalue weighted by Gasteiger charge is -2.04. The summed E-state index contributed by atoms with van der Waals surface area (Å²) < 4.78 is 24.0. The molecule has 0 amide bonds. The Hall–Kier alpha value is -1.65. The molecule has 0 aromatic heterocycles. The number of Topliss-reactive ketones (excluding diaryl/α,β-unsaturated/α-hetero) is 1. The molecule has 0 unspecified atom stereocenters. The van der Waals surface area contributed by atoms with Crippen LogP contribution in [0.15, 0.2) is 54.6 Å². The number of hydrogen-bond donors (Lipinski definition) is 0. The zero-order valence-corrected chi connectivity index (χ0v) is 12.2. The van der Waals surface area contributed by atoms with E-state index in [9.17, 15) is 13.2 Å². The smallest absolute Gasteiger partial charge is 0.177 e. The first kappa shape index (κ1) is 14.8. The molecule has 0 saturated carbocycles. The van der Waals surface area contributed by atoms with Gasteiger partial charge in [0, 0.05) is 10.6 Å². The SMILES string of the molecule is O=C(CS(=O)(=O)Cc1ccccc1)c1ccc(Cl)cc1. The highest BCUT2D eigenvalue weighted by Crippen LogP contribution is 2.12. The second-order valence-electron chi connectivity index (χ2n) is 4.45. The van der Waals surface area contributed by atoms with Crippen LogP contribution in [0, 0.1) is 0 Å². The molecule has 3 nitrogen and oxygen atoms in total. The van der Waals surface area contributed by atoms with E-state index in [2.05, 4.69) is 0 Å². The first-order chi connectivity index (χ1) is 9.46. The Morgan fingerprint density at radius 3 is 2.15 bits per heavy atom. The third-order valence-corrected chi connectivity index (χ3v) is 4.47. The number of ketones is 1. The van der Waals surface area contributed by atoms with E-state index in [0.29, 0.717) is 16.1 Å². The minimum absolute atomic E-state index is 0.132. The topological polar surface area (TPSA) is 51.2 Å². The van der Waals surface area contributed by atoms with Gasteiger partial charge in [-0.25, -0.2) is 8.42 Å². The molecule has 5 heteroatoms. The number of rotatable bonds is 5. The third-order valence-electron chi connectivity index (χ3n) is 2.75. The van der Waals surface area contributed by atoms with Crippen LogP contribution in [0.2, 0.25) is 5.02 Å². The van der Waals surface area contributed by atoms with Gasteiger partial charge in [0.2, 0.25) is 0 Å². The van der Waals surface area contributed by atoms with Gasteiger partial charge >= 0.3 is 0 Å². The first-order valence-corrected chi connectivity index (χ1v) is 8.19. The normalized spacial score (nSPS) is 11.2. The fraction of sp³-hybridized carbons (Fsp3) is 0.133. The van der Waals surface area contributed by atoms with Gasteiger partial charge in [-0.3, -0.25) is 4.79 Å². The molecule has 0 bridgehead atoms. The minimum Gasteiger partial charge on any atom is -0.293 e. The molecule has 0 N–H and O–H groups in total. The summed E-state index contributed by atoms with van der Waals surface area (Å²) in [5.41, 5.74) is 1.03. The van der Waals surface area contributed by atoms with Gasteiger partial charge in [-0.05, 0) is 29.8 Å². The van der Waals surface area contributed by atoms with Crippen molar-refractivity contribution in [1.82, 2.24) is 0 Å². The van der Waals surface area contributed by atoms with Crippen LogP contribution in [0.25, 0.3) is 0 Å². The van der Waals surface area contributed by atoms with Crippen LogP contribution in [0.3, 0.4) is 0 Å². The monoisotopic (exact) mass is 308 g/mol. The molecule has 104 valence electrons. The lowest BCUT2D eigenvalue weighted by Crippen LogP contribution is -2.17. The fourth-order valence-electron chi connectivity index (χ4n) is 1.80. The standard InChI is InChI=1S/C15H13ClO3S/c16-14-8-6-13(7-9-14)15(17)11-20(18,19)10-12-4-2-1-3-5-12/h1-9H,10-11H2. The van der Waals surface area contributed by atoms with E-state index in [4.69, 9.17) is 11.6 Å². The van der Waals surface area contributed by atoms with Gasteiger partial charge < -0.3 is 0 Å². The first-order valence-electron chi connectivity index (χ1n) is 5.99. The van der Waals surface area contributed by atoms with Crippen LogP contribution in [-0.2, 0) is 15.6 Å². The fourth-order valence-corrected chi connectivity index (χ4v) is 3.29. The van der Waals surface area contributed by atoms with Crippen molar-refractivity contribution >= 4 is 27.2 Å². The van der Waals surface area contributed by atoms with Crippen molar-refractivity contribution in [2.75, 3.05) is 5.75 Å². The number of carbonyl (C=O) groups is 1. The van der Waals surface area contributed by atoms with Crippen molar-refractivity contribution < 1.29 is 13.2 Å². The van der Waals surface area contributed by atoms with Crippen molar-refractivity contribution in [3.05, 3.63) is 70.7 Å². The Labute approximate surface area is 123 Å². The predicted molar refractivity (Wildman–Crippen MR) is 79.7 cm³/mol. The zero-order chi connectivity index (χ0) is 14.6. The molecule has 0 aliphatic rings. The zero-order valence-electron chi connectivity index (χ0n) is 10.6. The van der Waals surface area contributed by atoms with E-state index in [1.54, 1.807) is 36.4 Å². The van der Waals surface area contributed by atoms with Crippen LogP contribution < -0.4 is 0 Å². The summed E-state index contributed by atoms with van der Waals surface area (Å²) in [4.78, 5) is 11.9. The summed E-state index contributed by atoms with van der Waals surface area (Å²) in [6.45, 7) is 0. The van der Waals surface area contributed by atoms with E-state index in [1.165, 1.54) is 12.1 Å². The molecule has 0 aliphatic carbocycles. The molecular formula is C15H13ClO3S. The maximum absolute atomic E-state index is 12.0. The summed E-state index contributed by atoms with van der Waals surface area (Å²) in [7, 11) is -3.47. The number of hydrogen-bond acceptors (Lipinski definition) is 3. The van der Waals surface area contributed by atoms with Crippen molar-refractivity contribution in [3.8, 4) is 0 Å². The van der Waals surface area contributed by atoms with Gasteiger partial charge in [-0.1, -0.05) is 41.9 Å². The molecule has 0 spiro atoms. The lowest BCUT2D eigenvalue weighted by atomic mass is 10.1. The maximum atomic E-state index is 12.0. The second-order valence-corrected chi connectivity index (χ2v) is 6.95. The largest absolute Gasteiger partial charge is 0.293 e. The van der Waals surface area contributed by atoms with Gasteiger partial charge in [0.15, 0.2) is 15.6 Å². The van der Waals surface area contributed by atoms with E-state index >= 15 is 0 Å². The maximum Gasteiger partial charge on any atom is 0.177 e. The Morgan fingerprint density at radius 1 is 0.950 bits per heavy atom. The minimum atomic E-state index is -3.47. The van der Waals surface area contributed by atoms with Gasteiger partial charge in [-0.15, -0.1) is 0 Å². The van der Waals surface area contributed by atoms with Crippen molar-refractivity contribution in [3.63, 3.8) is 0 Å². The average Bonchev–Trinajstić information content (AvgIpc) is 2.39. The quantitative estimate of drug-likeness (QED) is 0.797. The molecule has 0 saturated heterocycles. The molecule has 0 heterocycles. The molecule has 0 radical (unpaired) electrons. The van der Waals surface area contributed by atoms with E-state index in [-0.39, 0.29) is 5.75 Å². The molecule has 20 heavy (non-hydrogen) atoms. The highest BCUT2D eigenvalue weighted by molar-refractivity contribution is 7.91. The second kappa shape index (κ2) is 6.20. The summed E-state index contributed by atoms with van der Waals surface area (Å²) in [6.07, 6.45) is 0. The van der Waals surface area contributed by atoms with Crippen molar-refractivity contribution in [2.24, 2.45) is 0 Å². The predicted octanol–water partition coefficient (Wildman–Crippen LogP) is 3.14. The molecular weight excluding hydrogens is 296 g/mol. The van der Waals surface area contributed by atoms with Gasteiger partial charge in [0.05, 0.1) is 5.75 Å². The highest BCUT2D eigenvalue weighted by atomic mass is 35.5. The molecule has 0 aliphatic heterocycles. The molecule has 0 fully saturated rings. The highest BCUT2D eigenvalue weighted by Gasteiger charge is 2.18. The van der Waals surface area contributed by atoms with Crippen LogP contribution >= 0.6 is 11.6 Å².